The highest BCUT2D eigenvalue weighted by molar-refractivity contribution is 5.90. The Hall–Kier alpha value is -4.16. The summed E-state index contributed by atoms with van der Waals surface area (Å²) >= 11 is 0. The predicted molar refractivity (Wildman–Crippen MR) is 129 cm³/mol. The summed E-state index contributed by atoms with van der Waals surface area (Å²) in [6, 6.07) is 17.3. The number of aliphatic hydroxyl groups excluding tert-OH is 3. The lowest BCUT2D eigenvalue weighted by Crippen LogP contribution is -2.61. The van der Waals surface area contributed by atoms with Gasteiger partial charge in [-0.1, -0.05) is 18.2 Å². The third kappa shape index (κ3) is 6.21. The van der Waals surface area contributed by atoms with E-state index in [0.29, 0.717) is 5.56 Å². The van der Waals surface area contributed by atoms with Crippen LogP contribution in [-0.2, 0) is 20.8 Å². The van der Waals surface area contributed by atoms with E-state index >= 15 is 0 Å². The van der Waals surface area contributed by atoms with Crippen LogP contribution in [0.3, 0.4) is 0 Å². The summed E-state index contributed by atoms with van der Waals surface area (Å²) in [5.74, 6) is -1.66. The summed E-state index contributed by atoms with van der Waals surface area (Å²) in [6.07, 6.45) is -7.66. The Bertz CT molecular complexity index is 1250. The Balaban J connectivity index is 1.50. The second kappa shape index (κ2) is 11.9. The molecule has 1 aliphatic rings. The molecule has 11 heteroatoms. The number of phenolic OH excluding ortho intramolecular Hbond substituents is 2. The van der Waals surface area contributed by atoms with Gasteiger partial charge in [-0.3, -0.25) is 0 Å². The maximum Gasteiger partial charge on any atom is 0.338 e. The predicted octanol–water partition coefficient (Wildman–Crippen LogP) is 1.50. The fraction of sp³-hybridized carbons (Fsp3) is 0.259. The molecule has 1 fully saturated rings. The fourth-order valence-electron chi connectivity index (χ4n) is 3.80. The molecule has 0 aliphatic carbocycles. The zero-order chi connectivity index (χ0) is 27.2. The molecule has 1 saturated heterocycles. The Morgan fingerprint density at radius 2 is 1.47 bits per heavy atom. The standard InChI is InChI=1S/C27H26O11/c28-13-21-22(31)24(38-26(34)16-6-8-18(29)9-7-16)23(32)27(37-21)36-20-11-10-19(30)12-17(20)14-35-25(33)15-4-2-1-3-5-15/h1-12,21-24,27-32H,13-14H2. The molecule has 0 aromatic heterocycles. The van der Waals surface area contributed by atoms with Crippen molar-refractivity contribution in [3.8, 4) is 17.2 Å². The van der Waals surface area contributed by atoms with E-state index in [2.05, 4.69) is 0 Å². The molecule has 0 bridgehead atoms. The average Bonchev–Trinajstić information content (AvgIpc) is 2.93. The van der Waals surface area contributed by atoms with Gasteiger partial charge in [0.1, 0.15) is 36.1 Å². The van der Waals surface area contributed by atoms with Crippen LogP contribution >= 0.6 is 0 Å². The van der Waals surface area contributed by atoms with Gasteiger partial charge in [0, 0.05) is 5.56 Å². The second-order valence-electron chi connectivity index (χ2n) is 8.48. The third-order valence-corrected chi connectivity index (χ3v) is 5.82. The van der Waals surface area contributed by atoms with Crippen LogP contribution in [0.1, 0.15) is 26.3 Å². The monoisotopic (exact) mass is 526 g/mol. The van der Waals surface area contributed by atoms with Crippen molar-refractivity contribution >= 4 is 11.9 Å². The van der Waals surface area contributed by atoms with E-state index in [1.54, 1.807) is 30.3 Å². The number of rotatable bonds is 8. The molecular weight excluding hydrogens is 500 g/mol. The molecule has 1 aliphatic heterocycles. The molecule has 0 amide bonds. The summed E-state index contributed by atoms with van der Waals surface area (Å²) in [5.41, 5.74) is 0.598. The van der Waals surface area contributed by atoms with E-state index in [-0.39, 0.29) is 35.0 Å². The number of ether oxygens (including phenoxy) is 4. The Kier molecular flexibility index (Phi) is 8.44. The summed E-state index contributed by atoms with van der Waals surface area (Å²) in [6.45, 7) is -0.982. The number of benzene rings is 3. The Morgan fingerprint density at radius 1 is 0.816 bits per heavy atom. The number of aliphatic hydroxyl groups is 3. The summed E-state index contributed by atoms with van der Waals surface area (Å²) in [4.78, 5) is 24.9. The molecule has 0 spiro atoms. The summed E-state index contributed by atoms with van der Waals surface area (Å²) in [5, 5.41) is 50.5. The second-order valence-corrected chi connectivity index (χ2v) is 8.48. The minimum atomic E-state index is -1.71. The zero-order valence-electron chi connectivity index (χ0n) is 19.9. The van der Waals surface area contributed by atoms with E-state index in [1.165, 1.54) is 42.5 Å². The molecule has 5 N–H and O–H groups in total. The van der Waals surface area contributed by atoms with Gasteiger partial charge in [-0.2, -0.15) is 0 Å². The van der Waals surface area contributed by atoms with Crippen LogP contribution in [0.4, 0.5) is 0 Å². The smallest absolute Gasteiger partial charge is 0.338 e. The lowest BCUT2D eigenvalue weighted by molar-refractivity contribution is -0.277. The van der Waals surface area contributed by atoms with Crippen molar-refractivity contribution in [3.63, 3.8) is 0 Å². The maximum absolute atomic E-state index is 12.6. The van der Waals surface area contributed by atoms with E-state index in [4.69, 9.17) is 18.9 Å². The minimum Gasteiger partial charge on any atom is -0.508 e. The fourth-order valence-corrected chi connectivity index (χ4v) is 3.80. The normalized spacial score (nSPS) is 22.9. The van der Waals surface area contributed by atoms with E-state index in [1.807, 2.05) is 0 Å². The third-order valence-electron chi connectivity index (χ3n) is 5.82. The van der Waals surface area contributed by atoms with Crippen LogP contribution in [0.15, 0.2) is 72.8 Å². The van der Waals surface area contributed by atoms with Crippen molar-refractivity contribution in [1.82, 2.24) is 0 Å². The van der Waals surface area contributed by atoms with Crippen molar-refractivity contribution in [2.24, 2.45) is 0 Å². The van der Waals surface area contributed by atoms with Gasteiger partial charge in [-0.25, -0.2) is 9.59 Å². The van der Waals surface area contributed by atoms with Crippen LogP contribution < -0.4 is 4.74 Å². The first kappa shape index (κ1) is 26.9. The van der Waals surface area contributed by atoms with E-state index in [0.717, 1.165) is 0 Å². The SMILES string of the molecule is O=C(OCc1cc(O)ccc1OC1OC(CO)C(O)C(OC(=O)c2ccc(O)cc2)C1O)c1ccccc1. The average molecular weight is 526 g/mol. The van der Waals surface area contributed by atoms with Crippen LogP contribution in [0, 0.1) is 0 Å². The number of hydrogen-bond acceptors (Lipinski definition) is 11. The molecule has 38 heavy (non-hydrogen) atoms. The zero-order valence-corrected chi connectivity index (χ0v) is 19.9. The first-order chi connectivity index (χ1) is 18.3. The van der Waals surface area contributed by atoms with Crippen molar-refractivity contribution in [2.75, 3.05) is 6.61 Å². The van der Waals surface area contributed by atoms with Gasteiger partial charge >= 0.3 is 11.9 Å². The van der Waals surface area contributed by atoms with Gasteiger partial charge in [-0.05, 0) is 54.6 Å². The molecule has 4 rings (SSSR count). The lowest BCUT2D eigenvalue weighted by Gasteiger charge is -2.41. The topological polar surface area (TPSA) is 172 Å². The number of phenols is 2. The molecule has 3 aromatic carbocycles. The van der Waals surface area contributed by atoms with E-state index < -0.39 is 49.3 Å². The molecule has 11 nitrogen and oxygen atoms in total. The molecule has 1 heterocycles. The quantitative estimate of drug-likeness (QED) is 0.269. The molecule has 0 saturated carbocycles. The molecular formula is C27H26O11. The van der Waals surface area contributed by atoms with Gasteiger partial charge in [-0.15, -0.1) is 0 Å². The van der Waals surface area contributed by atoms with Crippen LogP contribution in [-0.4, -0.2) is 74.8 Å². The van der Waals surface area contributed by atoms with Crippen LogP contribution in [0.5, 0.6) is 17.2 Å². The van der Waals surface area contributed by atoms with Gasteiger partial charge in [0.15, 0.2) is 12.2 Å². The largest absolute Gasteiger partial charge is 0.508 e. The molecule has 5 atom stereocenters. The Labute approximate surface area is 217 Å². The van der Waals surface area contributed by atoms with Gasteiger partial charge in [0.05, 0.1) is 17.7 Å². The van der Waals surface area contributed by atoms with Crippen molar-refractivity contribution in [3.05, 3.63) is 89.5 Å². The number of carbonyl (C=O) groups is 2. The first-order valence-corrected chi connectivity index (χ1v) is 11.6. The van der Waals surface area contributed by atoms with Gasteiger partial charge in [0.2, 0.25) is 6.29 Å². The molecule has 0 radical (unpaired) electrons. The molecule has 5 unspecified atom stereocenters. The van der Waals surface area contributed by atoms with Crippen molar-refractivity contribution in [1.29, 1.82) is 0 Å². The number of esters is 2. The molecule has 3 aromatic rings. The highest BCUT2D eigenvalue weighted by Gasteiger charge is 2.48. The first-order valence-electron chi connectivity index (χ1n) is 11.6. The minimum absolute atomic E-state index is 0.0489. The summed E-state index contributed by atoms with van der Waals surface area (Å²) in [7, 11) is 0. The summed E-state index contributed by atoms with van der Waals surface area (Å²) < 4.78 is 21.9. The molecule has 200 valence electrons. The van der Waals surface area contributed by atoms with Crippen molar-refractivity contribution < 1.29 is 54.1 Å². The number of carbonyl (C=O) groups excluding carboxylic acids is 2. The van der Waals surface area contributed by atoms with E-state index in [9.17, 15) is 35.1 Å². The highest BCUT2D eigenvalue weighted by Crippen LogP contribution is 2.31. The number of hydrogen-bond donors (Lipinski definition) is 5. The van der Waals surface area contributed by atoms with Gasteiger partial charge < -0.3 is 44.5 Å². The lowest BCUT2D eigenvalue weighted by atomic mass is 9.98. The maximum atomic E-state index is 12.6. The number of aromatic hydroxyl groups is 2. The van der Waals surface area contributed by atoms with Crippen LogP contribution in [0.25, 0.3) is 0 Å². The van der Waals surface area contributed by atoms with Crippen molar-refractivity contribution in [2.45, 2.75) is 37.3 Å². The van der Waals surface area contributed by atoms with Crippen LogP contribution in [0.2, 0.25) is 0 Å². The Morgan fingerprint density at radius 3 is 2.16 bits per heavy atom. The van der Waals surface area contributed by atoms with Gasteiger partial charge in [0.25, 0.3) is 0 Å². The highest BCUT2D eigenvalue weighted by atomic mass is 16.7.